The molecule has 3 aromatic rings. The van der Waals surface area contributed by atoms with Crippen LogP contribution in [0.15, 0.2) is 34.8 Å². The van der Waals surface area contributed by atoms with Crippen molar-refractivity contribution in [3.05, 3.63) is 55.0 Å². The number of aliphatic hydroxyl groups excluding tert-OH is 2. The number of rotatable bonds is 5. The molecule has 0 bridgehead atoms. The van der Waals surface area contributed by atoms with E-state index >= 15 is 0 Å². The molecule has 0 spiro atoms. The zero-order valence-electron chi connectivity index (χ0n) is 16.3. The molecular weight excluding hydrogens is 488 g/mol. The minimum Gasteiger partial charge on any atom is -0.394 e. The first-order chi connectivity index (χ1) is 14.3. The van der Waals surface area contributed by atoms with Gasteiger partial charge in [0.05, 0.1) is 28.5 Å². The van der Waals surface area contributed by atoms with E-state index in [2.05, 4.69) is 21.2 Å². The Kier molecular flexibility index (Phi) is 6.00. The predicted octanol–water partition coefficient (Wildman–Crippen LogP) is 3.40. The number of benzene rings is 1. The van der Waals surface area contributed by atoms with Crippen LogP contribution < -0.4 is 5.32 Å². The third kappa shape index (κ3) is 4.17. The van der Waals surface area contributed by atoms with Gasteiger partial charge in [-0.25, -0.2) is 0 Å². The van der Waals surface area contributed by atoms with E-state index in [4.69, 9.17) is 0 Å². The van der Waals surface area contributed by atoms with E-state index in [9.17, 15) is 19.8 Å². The summed E-state index contributed by atoms with van der Waals surface area (Å²) in [5, 5.41) is 22.5. The zero-order valence-corrected chi connectivity index (χ0v) is 19.5. The number of hydrogen-bond donors (Lipinski definition) is 3. The summed E-state index contributed by atoms with van der Waals surface area (Å²) in [7, 11) is 0. The van der Waals surface area contributed by atoms with Gasteiger partial charge < -0.3 is 20.4 Å². The summed E-state index contributed by atoms with van der Waals surface area (Å²) in [4.78, 5) is 29.8. The number of thiophene rings is 2. The molecule has 0 aliphatic carbocycles. The monoisotopic (exact) mass is 508 g/mol. The highest BCUT2D eigenvalue weighted by atomic mass is 79.9. The summed E-state index contributed by atoms with van der Waals surface area (Å²) in [6, 6.07) is 9.72. The van der Waals surface area contributed by atoms with E-state index in [0.717, 1.165) is 25.0 Å². The van der Waals surface area contributed by atoms with Crippen LogP contribution in [-0.2, 0) is 13.0 Å². The quantitative estimate of drug-likeness (QED) is 0.492. The van der Waals surface area contributed by atoms with E-state index in [0.29, 0.717) is 29.3 Å². The molecule has 1 aliphatic heterocycles. The van der Waals surface area contributed by atoms with E-state index in [-0.39, 0.29) is 25.0 Å². The summed E-state index contributed by atoms with van der Waals surface area (Å²) >= 11 is 6.36. The molecule has 0 saturated heterocycles. The smallest absolute Gasteiger partial charge is 0.264 e. The van der Waals surface area contributed by atoms with Crippen molar-refractivity contribution in [3.8, 4) is 0 Å². The Bertz CT molecular complexity index is 1120. The number of hydrogen-bond acceptors (Lipinski definition) is 6. The third-order valence-electron chi connectivity index (χ3n) is 5.18. The summed E-state index contributed by atoms with van der Waals surface area (Å²) in [5.41, 5.74) is -0.0944. The van der Waals surface area contributed by atoms with Crippen LogP contribution >= 0.6 is 38.6 Å². The number of aliphatic hydroxyl groups is 2. The third-order valence-corrected chi connectivity index (χ3v) is 8.00. The lowest BCUT2D eigenvalue weighted by Gasteiger charge is -2.26. The average Bonchev–Trinajstić information content (AvgIpc) is 3.36. The second kappa shape index (κ2) is 8.39. The van der Waals surface area contributed by atoms with E-state index in [1.54, 1.807) is 6.92 Å². The van der Waals surface area contributed by atoms with Gasteiger partial charge >= 0.3 is 0 Å². The maximum atomic E-state index is 13.1. The van der Waals surface area contributed by atoms with Crippen molar-refractivity contribution in [3.63, 3.8) is 0 Å². The fourth-order valence-electron chi connectivity index (χ4n) is 3.35. The normalized spacial score (nSPS) is 14.1. The van der Waals surface area contributed by atoms with Gasteiger partial charge in [-0.05, 0) is 48.6 Å². The van der Waals surface area contributed by atoms with E-state index in [1.807, 2.05) is 35.2 Å². The number of amides is 2. The van der Waals surface area contributed by atoms with Crippen LogP contribution in [0.1, 0.15) is 36.7 Å². The average molecular weight is 509 g/mol. The van der Waals surface area contributed by atoms with Gasteiger partial charge in [-0.1, -0.05) is 22.0 Å². The van der Waals surface area contributed by atoms with Crippen LogP contribution in [0.4, 0.5) is 0 Å². The molecule has 0 saturated carbocycles. The zero-order chi connectivity index (χ0) is 21.5. The molecule has 3 heterocycles. The largest absolute Gasteiger partial charge is 0.394 e. The summed E-state index contributed by atoms with van der Waals surface area (Å²) < 4.78 is 2.05. The van der Waals surface area contributed by atoms with Gasteiger partial charge in [0.1, 0.15) is 0 Å². The Labute approximate surface area is 190 Å². The second-order valence-electron chi connectivity index (χ2n) is 7.66. The predicted molar refractivity (Wildman–Crippen MR) is 122 cm³/mol. The lowest BCUT2D eigenvalue weighted by Crippen LogP contribution is -2.51. The van der Waals surface area contributed by atoms with Gasteiger partial charge in [0.2, 0.25) is 0 Å². The van der Waals surface area contributed by atoms with Crippen LogP contribution in [0.25, 0.3) is 10.1 Å². The van der Waals surface area contributed by atoms with Crippen LogP contribution in [0.2, 0.25) is 0 Å². The van der Waals surface area contributed by atoms with Gasteiger partial charge in [-0.2, -0.15) is 0 Å². The van der Waals surface area contributed by atoms with Crippen molar-refractivity contribution in [1.29, 1.82) is 0 Å². The van der Waals surface area contributed by atoms with Crippen LogP contribution in [-0.4, -0.2) is 52.2 Å². The molecule has 30 heavy (non-hydrogen) atoms. The molecule has 0 fully saturated rings. The molecule has 158 valence electrons. The fraction of sp³-hybridized carbons (Fsp3) is 0.333. The molecule has 2 aromatic heterocycles. The summed E-state index contributed by atoms with van der Waals surface area (Å²) in [6.45, 7) is 1.95. The van der Waals surface area contributed by atoms with Crippen molar-refractivity contribution in [1.82, 2.24) is 10.2 Å². The van der Waals surface area contributed by atoms with Crippen LogP contribution in [0, 0.1) is 0 Å². The first-order valence-corrected chi connectivity index (χ1v) is 11.9. The maximum absolute atomic E-state index is 13.1. The number of carbonyl (C=O) groups is 2. The Morgan fingerprint density at radius 3 is 2.67 bits per heavy atom. The maximum Gasteiger partial charge on any atom is 0.264 e. The Morgan fingerprint density at radius 1 is 1.17 bits per heavy atom. The highest BCUT2D eigenvalue weighted by Gasteiger charge is 2.29. The van der Waals surface area contributed by atoms with Crippen molar-refractivity contribution < 1.29 is 19.8 Å². The highest BCUT2D eigenvalue weighted by molar-refractivity contribution is 9.10. The molecule has 3 N–H and O–H groups in total. The SMILES string of the molecule is CC(CO)(CO)NC(=O)c1cc2c(s1)CCN(C(=O)c1cc3ccc(Br)cc3s1)C2. The van der Waals surface area contributed by atoms with E-state index in [1.165, 1.54) is 22.7 Å². The number of halogens is 1. The number of carbonyl (C=O) groups excluding carboxylic acids is 2. The van der Waals surface area contributed by atoms with Crippen molar-refractivity contribution >= 4 is 60.5 Å². The molecule has 4 rings (SSSR count). The second-order valence-corrected chi connectivity index (χ2v) is 10.8. The van der Waals surface area contributed by atoms with Gasteiger partial charge in [-0.3, -0.25) is 9.59 Å². The standard InChI is InChI=1S/C21H21BrN2O4S2/c1-21(10-25,11-26)23-19(27)17-7-13-9-24(5-4-15(13)29-17)20(28)18-6-12-2-3-14(22)8-16(12)30-18/h2-3,6-8,25-26H,4-5,9-11H2,1H3,(H,23,27). The molecule has 0 unspecified atom stereocenters. The molecule has 9 heteroatoms. The molecule has 1 aromatic carbocycles. The Morgan fingerprint density at radius 2 is 1.93 bits per heavy atom. The minimum atomic E-state index is -1.07. The van der Waals surface area contributed by atoms with Gasteiger partial charge in [0.25, 0.3) is 11.8 Å². The summed E-state index contributed by atoms with van der Waals surface area (Å²) in [5.74, 6) is -0.323. The van der Waals surface area contributed by atoms with Crippen LogP contribution in [0.5, 0.6) is 0 Å². The lowest BCUT2D eigenvalue weighted by molar-refractivity contribution is 0.0727. The van der Waals surface area contributed by atoms with Gasteiger partial charge in [-0.15, -0.1) is 22.7 Å². The van der Waals surface area contributed by atoms with E-state index < -0.39 is 5.54 Å². The topological polar surface area (TPSA) is 89.9 Å². The number of nitrogens with one attached hydrogen (secondary N) is 1. The van der Waals surface area contributed by atoms with Gasteiger partial charge in [0.15, 0.2) is 0 Å². The number of fused-ring (bicyclic) bond motifs is 2. The van der Waals surface area contributed by atoms with Crippen molar-refractivity contribution in [2.45, 2.75) is 25.4 Å². The first-order valence-electron chi connectivity index (χ1n) is 9.46. The molecular formula is C21H21BrN2O4S2. The molecule has 1 aliphatic rings. The fourth-order valence-corrected chi connectivity index (χ4v) is 5.99. The highest BCUT2D eigenvalue weighted by Crippen LogP contribution is 2.32. The number of nitrogens with zero attached hydrogens (tertiary/aromatic N) is 1. The van der Waals surface area contributed by atoms with Crippen LogP contribution in [0.3, 0.4) is 0 Å². The minimum absolute atomic E-state index is 0.00306. The Balaban J connectivity index is 1.50. The molecule has 2 amide bonds. The first kappa shape index (κ1) is 21.5. The van der Waals surface area contributed by atoms with Gasteiger partial charge in [0, 0.05) is 27.1 Å². The molecule has 0 atom stereocenters. The van der Waals surface area contributed by atoms with Crippen molar-refractivity contribution in [2.24, 2.45) is 0 Å². The van der Waals surface area contributed by atoms with Crippen molar-refractivity contribution in [2.75, 3.05) is 19.8 Å². The molecule has 6 nitrogen and oxygen atoms in total. The lowest BCUT2D eigenvalue weighted by atomic mass is 10.1. The summed E-state index contributed by atoms with van der Waals surface area (Å²) in [6.07, 6.45) is 0.701. The molecule has 0 radical (unpaired) electrons. The Hall–Kier alpha value is -1.78.